The van der Waals surface area contributed by atoms with Gasteiger partial charge in [-0.2, -0.15) is 0 Å². The predicted octanol–water partition coefficient (Wildman–Crippen LogP) is 14.6. The number of Topliss-reactive ketones (excluding diaryl/α,β-unsaturated/α-hetero) is 2. The van der Waals surface area contributed by atoms with Crippen LogP contribution in [0.3, 0.4) is 0 Å². The van der Waals surface area contributed by atoms with Crippen molar-refractivity contribution in [3.63, 3.8) is 0 Å². The monoisotopic (exact) mass is 679 g/mol. The second-order valence-electron chi connectivity index (χ2n) is 19.4. The van der Waals surface area contributed by atoms with Crippen LogP contribution >= 0.6 is 0 Å². The molecule has 0 aromatic heterocycles. The van der Waals surface area contributed by atoms with E-state index >= 15 is 0 Å². The third-order valence-corrected chi connectivity index (χ3v) is 16.2. The van der Waals surface area contributed by atoms with Crippen molar-refractivity contribution in [3.8, 4) is 0 Å². The number of ketones is 2. The van der Waals surface area contributed by atoms with Gasteiger partial charge < -0.3 is 0 Å². The molecule has 0 heterocycles. The van der Waals surface area contributed by atoms with Crippen LogP contribution in [0.5, 0.6) is 0 Å². The molecule has 6 aliphatic carbocycles. The molecule has 282 valence electrons. The van der Waals surface area contributed by atoms with E-state index in [0.717, 1.165) is 29.5 Å². The van der Waals surface area contributed by atoms with Crippen molar-refractivity contribution in [2.24, 2.45) is 45.3 Å². The third kappa shape index (κ3) is 8.94. The number of rotatable bonds is 15. The van der Waals surface area contributed by atoms with Gasteiger partial charge in [0.1, 0.15) is 11.6 Å². The molecule has 6 aliphatic rings. The van der Waals surface area contributed by atoms with Crippen LogP contribution in [0.1, 0.15) is 240 Å². The Bertz CT molecular complexity index is 1000. The Morgan fingerprint density at radius 3 is 1.39 bits per heavy atom. The van der Waals surface area contributed by atoms with Gasteiger partial charge in [0, 0.05) is 21.7 Å². The lowest BCUT2D eigenvalue weighted by atomic mass is 9.40. The van der Waals surface area contributed by atoms with Gasteiger partial charge in [-0.15, -0.1) is 0 Å². The Morgan fingerprint density at radius 1 is 0.429 bits per heavy atom. The average molecular weight is 679 g/mol. The minimum atomic E-state index is 0.139. The maximum atomic E-state index is 13.5. The van der Waals surface area contributed by atoms with Crippen molar-refractivity contribution in [3.05, 3.63) is 0 Å². The van der Waals surface area contributed by atoms with Gasteiger partial charge in [-0.05, 0) is 133 Å². The molecule has 6 saturated carbocycles. The second kappa shape index (κ2) is 18.4. The Kier molecular flexibility index (Phi) is 14.8. The minimum Gasteiger partial charge on any atom is -0.298 e. The molecule has 6 fully saturated rings. The van der Waals surface area contributed by atoms with E-state index in [1.54, 1.807) is 0 Å². The molecule has 0 bridgehead atoms. The van der Waals surface area contributed by atoms with E-state index in [4.69, 9.17) is 0 Å². The molecule has 0 N–H and O–H groups in total. The van der Waals surface area contributed by atoms with Crippen molar-refractivity contribution < 1.29 is 9.59 Å². The molecule has 0 amide bonds. The van der Waals surface area contributed by atoms with E-state index in [1.807, 2.05) is 0 Å². The number of carbonyl (C=O) groups is 2. The lowest BCUT2D eigenvalue weighted by Gasteiger charge is -2.61. The van der Waals surface area contributed by atoms with Crippen LogP contribution in [0.2, 0.25) is 0 Å². The van der Waals surface area contributed by atoms with Gasteiger partial charge in [-0.25, -0.2) is 0 Å². The van der Waals surface area contributed by atoms with Gasteiger partial charge in [0.2, 0.25) is 0 Å². The lowest BCUT2D eigenvalue weighted by Crippen LogP contribution is -2.62. The van der Waals surface area contributed by atoms with Crippen LogP contribution < -0.4 is 0 Å². The first-order valence-corrected chi connectivity index (χ1v) is 22.9. The third-order valence-electron chi connectivity index (χ3n) is 16.2. The summed E-state index contributed by atoms with van der Waals surface area (Å²) in [6, 6.07) is 0. The molecular formula is C47H82O2. The Morgan fingerprint density at radius 2 is 0.898 bits per heavy atom. The van der Waals surface area contributed by atoms with Crippen molar-refractivity contribution in [2.45, 2.75) is 240 Å². The summed E-state index contributed by atoms with van der Waals surface area (Å²) in [6.45, 7) is 9.18. The normalized spacial score (nSPS) is 38.8. The molecule has 2 nitrogen and oxygen atoms in total. The number of unbranched alkanes of at least 4 members (excludes halogenated alkanes) is 7. The first-order valence-electron chi connectivity index (χ1n) is 22.9. The van der Waals surface area contributed by atoms with Crippen molar-refractivity contribution in [1.29, 1.82) is 0 Å². The number of hydrogen-bond acceptors (Lipinski definition) is 2. The largest absolute Gasteiger partial charge is 0.298 e. The van der Waals surface area contributed by atoms with Gasteiger partial charge in [-0.1, -0.05) is 130 Å². The predicted molar refractivity (Wildman–Crippen MR) is 209 cm³/mol. The average Bonchev–Trinajstić information content (AvgIpc) is 3.13. The minimum absolute atomic E-state index is 0.139. The summed E-state index contributed by atoms with van der Waals surface area (Å²) in [5.74, 6) is 4.96. The topological polar surface area (TPSA) is 34.1 Å². The molecule has 2 atom stereocenters. The summed E-state index contributed by atoms with van der Waals surface area (Å²) in [7, 11) is 0. The molecular weight excluding hydrogens is 597 g/mol. The summed E-state index contributed by atoms with van der Waals surface area (Å²) in [5, 5.41) is 0. The quantitative estimate of drug-likeness (QED) is 0.162. The maximum absolute atomic E-state index is 13.5. The summed E-state index contributed by atoms with van der Waals surface area (Å²) >= 11 is 0. The Labute approximate surface area is 305 Å². The van der Waals surface area contributed by atoms with Gasteiger partial charge in [0.15, 0.2) is 0 Å². The first-order chi connectivity index (χ1) is 23.8. The summed E-state index contributed by atoms with van der Waals surface area (Å²) in [6.07, 6.45) is 43.8. The van der Waals surface area contributed by atoms with E-state index in [1.165, 1.54) is 212 Å². The summed E-state index contributed by atoms with van der Waals surface area (Å²) in [4.78, 5) is 26.7. The standard InChI is InChI=1S/C25H44O.C22H38O/c1-3-5-7-8-9-12-21-15-18-24(19-16-21)20-25(23(24)26)17-11-10-14-22(25)13-6-4-2;1-3-5-6-8-19-11-15-22(16-12-19)17-21(20(22)23)13-9-18(7-4-2)10-14-21/h21-22H,3-20H2,1-2H3;18-19H,3-17H2,1-2H3/t21-,22?,24-,25?;18-,19?,21-,22-. The zero-order valence-electron chi connectivity index (χ0n) is 33.5. The summed E-state index contributed by atoms with van der Waals surface area (Å²) < 4.78 is 0. The van der Waals surface area contributed by atoms with Crippen LogP contribution in [-0.4, -0.2) is 11.6 Å². The molecule has 0 aromatic rings. The van der Waals surface area contributed by atoms with E-state index in [2.05, 4.69) is 27.7 Å². The fourth-order valence-corrected chi connectivity index (χ4v) is 13.1. The van der Waals surface area contributed by atoms with Crippen LogP contribution in [0.4, 0.5) is 0 Å². The fraction of sp³-hybridized carbons (Fsp3) is 0.957. The highest BCUT2D eigenvalue weighted by Gasteiger charge is 2.65. The highest BCUT2D eigenvalue weighted by atomic mass is 16.1. The van der Waals surface area contributed by atoms with E-state index < -0.39 is 0 Å². The molecule has 0 aromatic carbocycles. The molecule has 0 radical (unpaired) electrons. The van der Waals surface area contributed by atoms with Crippen molar-refractivity contribution in [2.75, 3.05) is 0 Å². The number of hydrogen-bond donors (Lipinski definition) is 0. The maximum Gasteiger partial charge on any atom is 0.145 e. The summed E-state index contributed by atoms with van der Waals surface area (Å²) in [5.41, 5.74) is 0.582. The Balaban J connectivity index is 0.000000192. The van der Waals surface area contributed by atoms with E-state index in [9.17, 15) is 9.59 Å². The number of carbonyl (C=O) groups excluding carboxylic acids is 2. The lowest BCUT2D eigenvalue weighted by molar-refractivity contribution is -0.176. The van der Waals surface area contributed by atoms with Crippen LogP contribution in [-0.2, 0) is 9.59 Å². The van der Waals surface area contributed by atoms with Gasteiger partial charge >= 0.3 is 0 Å². The van der Waals surface area contributed by atoms with Gasteiger partial charge in [0.05, 0.1) is 0 Å². The Hall–Kier alpha value is -0.660. The molecule has 49 heavy (non-hydrogen) atoms. The van der Waals surface area contributed by atoms with E-state index in [-0.39, 0.29) is 21.7 Å². The fourth-order valence-electron chi connectivity index (χ4n) is 13.1. The van der Waals surface area contributed by atoms with Crippen LogP contribution in [0.15, 0.2) is 0 Å². The molecule has 0 aliphatic heterocycles. The van der Waals surface area contributed by atoms with Crippen LogP contribution in [0, 0.1) is 45.3 Å². The van der Waals surface area contributed by atoms with Gasteiger partial charge in [-0.3, -0.25) is 9.59 Å². The van der Waals surface area contributed by atoms with E-state index in [0.29, 0.717) is 5.78 Å². The SMILES string of the molecule is CCCCCC1CC[C@]2(CC1)C[C@@]1(CC[C@H](CCC)CC1)C2=O.CCCCCCC[C@H]1CC[C@]2(CC1)CC1(CCCCC1CCCC)C2=O. The molecule has 4 spiro atoms. The molecule has 2 unspecified atom stereocenters. The van der Waals surface area contributed by atoms with Crippen molar-refractivity contribution in [1.82, 2.24) is 0 Å². The highest BCUT2D eigenvalue weighted by molar-refractivity contribution is 5.97. The first kappa shape index (κ1) is 39.5. The second-order valence-corrected chi connectivity index (χ2v) is 19.4. The van der Waals surface area contributed by atoms with Gasteiger partial charge in [0.25, 0.3) is 0 Å². The molecule has 0 saturated heterocycles. The highest BCUT2D eigenvalue weighted by Crippen LogP contribution is 2.67. The van der Waals surface area contributed by atoms with Crippen LogP contribution in [0.25, 0.3) is 0 Å². The van der Waals surface area contributed by atoms with Crippen molar-refractivity contribution >= 4 is 11.6 Å². The smallest absolute Gasteiger partial charge is 0.145 e. The zero-order chi connectivity index (χ0) is 34.8. The molecule has 6 rings (SSSR count). The molecule has 2 heteroatoms. The zero-order valence-corrected chi connectivity index (χ0v) is 33.5.